The maximum Gasteiger partial charge on any atom is 0.262 e. The molecule has 8 heteroatoms. The van der Waals surface area contributed by atoms with Gasteiger partial charge in [-0.25, -0.2) is 13.2 Å². The molecule has 2 aromatic heterocycles. The molecule has 2 aromatic carbocycles. The number of pyridine rings is 1. The number of hydrogen-bond donors (Lipinski definition) is 1. The van der Waals surface area contributed by atoms with Gasteiger partial charge in [0.1, 0.15) is 28.8 Å². The number of benzene rings is 2. The zero-order valence-corrected chi connectivity index (χ0v) is 16.4. The molecular formula is C23H17F3N2O3. The van der Waals surface area contributed by atoms with Crippen molar-refractivity contribution in [3.05, 3.63) is 105 Å². The lowest BCUT2D eigenvalue weighted by Crippen LogP contribution is -2.26. The molecule has 0 aliphatic rings. The first-order chi connectivity index (χ1) is 14.8. The smallest absolute Gasteiger partial charge is 0.262 e. The first kappa shape index (κ1) is 20.5. The van der Waals surface area contributed by atoms with E-state index in [4.69, 9.17) is 4.42 Å². The highest BCUT2D eigenvalue weighted by molar-refractivity contribution is 6.06. The van der Waals surface area contributed by atoms with Crippen molar-refractivity contribution in [3.63, 3.8) is 0 Å². The minimum atomic E-state index is -0.759. The Kier molecular flexibility index (Phi) is 5.37. The second kappa shape index (κ2) is 8.14. The van der Waals surface area contributed by atoms with Gasteiger partial charge in [0, 0.05) is 24.4 Å². The van der Waals surface area contributed by atoms with Crippen molar-refractivity contribution in [2.75, 3.05) is 0 Å². The van der Waals surface area contributed by atoms with E-state index in [1.54, 1.807) is 18.2 Å². The first-order valence-corrected chi connectivity index (χ1v) is 9.42. The number of rotatable bonds is 5. The predicted molar refractivity (Wildman–Crippen MR) is 108 cm³/mol. The first-order valence-electron chi connectivity index (χ1n) is 9.42. The summed E-state index contributed by atoms with van der Waals surface area (Å²) in [6.07, 6.45) is 1.47. The topological polar surface area (TPSA) is 64.2 Å². The molecule has 0 aliphatic heterocycles. The van der Waals surface area contributed by atoms with E-state index in [1.807, 2.05) is 0 Å². The van der Waals surface area contributed by atoms with Gasteiger partial charge in [-0.2, -0.15) is 0 Å². The van der Waals surface area contributed by atoms with Crippen LogP contribution in [0.3, 0.4) is 0 Å². The van der Waals surface area contributed by atoms with E-state index >= 15 is 0 Å². The lowest BCUT2D eigenvalue weighted by molar-refractivity contribution is 0.0950. The monoisotopic (exact) mass is 426 g/mol. The predicted octanol–water partition coefficient (Wildman–Crippen LogP) is 4.30. The number of nitrogens with one attached hydrogen (secondary N) is 1. The fourth-order valence-electron chi connectivity index (χ4n) is 3.46. The summed E-state index contributed by atoms with van der Waals surface area (Å²) in [5.74, 6) is -2.37. The number of carbonyl (C=O) groups is 1. The largest absolute Gasteiger partial charge is 0.460 e. The van der Waals surface area contributed by atoms with E-state index in [1.165, 1.54) is 29.8 Å². The summed E-state index contributed by atoms with van der Waals surface area (Å²) >= 11 is 0. The number of halogens is 3. The van der Waals surface area contributed by atoms with E-state index in [0.717, 1.165) is 18.2 Å². The third-order valence-electron chi connectivity index (χ3n) is 4.89. The zero-order valence-electron chi connectivity index (χ0n) is 16.4. The summed E-state index contributed by atoms with van der Waals surface area (Å²) in [6, 6.07) is 10.6. The van der Waals surface area contributed by atoms with Crippen LogP contribution in [0.1, 0.15) is 27.2 Å². The van der Waals surface area contributed by atoms with Crippen LogP contribution < -0.4 is 10.9 Å². The third kappa shape index (κ3) is 4.09. The van der Waals surface area contributed by atoms with Crippen LogP contribution in [0.15, 0.2) is 63.9 Å². The van der Waals surface area contributed by atoms with Crippen LogP contribution in [-0.4, -0.2) is 10.5 Å². The Bertz CT molecular complexity index is 1340. The average molecular weight is 426 g/mol. The fourth-order valence-corrected chi connectivity index (χ4v) is 3.46. The van der Waals surface area contributed by atoms with Gasteiger partial charge < -0.3 is 14.3 Å². The Labute approximate surface area is 174 Å². The number of fused-ring (bicyclic) bond motifs is 1. The third-order valence-corrected chi connectivity index (χ3v) is 4.89. The highest BCUT2D eigenvalue weighted by atomic mass is 19.1. The van der Waals surface area contributed by atoms with Gasteiger partial charge in [-0.15, -0.1) is 0 Å². The van der Waals surface area contributed by atoms with Gasteiger partial charge in [-0.3, -0.25) is 9.59 Å². The maximum absolute atomic E-state index is 14.0. The van der Waals surface area contributed by atoms with Gasteiger partial charge in [0.05, 0.1) is 17.5 Å². The minimum absolute atomic E-state index is 0.0185. The van der Waals surface area contributed by atoms with Gasteiger partial charge in [-0.05, 0) is 36.8 Å². The molecule has 0 fully saturated rings. The lowest BCUT2D eigenvalue weighted by atomic mass is 10.1. The second-order valence-corrected chi connectivity index (χ2v) is 7.07. The number of furan rings is 1. The van der Waals surface area contributed by atoms with Gasteiger partial charge in [-0.1, -0.05) is 18.2 Å². The number of carbonyl (C=O) groups excluding carboxylic acids is 1. The SMILES string of the molecule is Cc1oc2ccn(Cc3ccccc3F)c(=O)c2c1C(=O)NCc1cc(F)cc(F)c1. The molecule has 0 unspecified atom stereocenters. The molecular weight excluding hydrogens is 409 g/mol. The van der Waals surface area contributed by atoms with Crippen LogP contribution in [0.25, 0.3) is 11.0 Å². The number of nitrogens with zero attached hydrogens (tertiary/aromatic N) is 1. The Hall–Kier alpha value is -3.81. The molecule has 1 amide bonds. The molecule has 0 aliphatic carbocycles. The summed E-state index contributed by atoms with van der Waals surface area (Å²) in [5, 5.41) is 2.61. The van der Waals surface area contributed by atoms with E-state index in [2.05, 4.69) is 5.32 Å². The molecule has 1 N–H and O–H groups in total. The fraction of sp³-hybridized carbons (Fsp3) is 0.130. The van der Waals surface area contributed by atoms with Gasteiger partial charge >= 0.3 is 0 Å². The van der Waals surface area contributed by atoms with Gasteiger partial charge in [0.15, 0.2) is 0 Å². The summed E-state index contributed by atoms with van der Waals surface area (Å²) < 4.78 is 47.6. The molecule has 0 saturated carbocycles. The van der Waals surface area contributed by atoms with Gasteiger partial charge in [0.25, 0.3) is 11.5 Å². The Morgan fingerprint density at radius 3 is 2.48 bits per heavy atom. The molecule has 31 heavy (non-hydrogen) atoms. The van der Waals surface area contributed by atoms with Crippen LogP contribution in [-0.2, 0) is 13.1 Å². The number of amides is 1. The molecule has 5 nitrogen and oxygen atoms in total. The molecule has 4 aromatic rings. The van der Waals surface area contributed by atoms with E-state index in [-0.39, 0.29) is 40.9 Å². The number of aryl methyl sites for hydroxylation is 1. The van der Waals surface area contributed by atoms with Crippen molar-refractivity contribution in [2.45, 2.75) is 20.0 Å². The van der Waals surface area contributed by atoms with Crippen LogP contribution in [0.5, 0.6) is 0 Å². The average Bonchev–Trinajstić information content (AvgIpc) is 3.06. The maximum atomic E-state index is 14.0. The Morgan fingerprint density at radius 1 is 1.06 bits per heavy atom. The summed E-state index contributed by atoms with van der Waals surface area (Å²) in [7, 11) is 0. The van der Waals surface area contributed by atoms with Crippen LogP contribution in [0.2, 0.25) is 0 Å². The quantitative estimate of drug-likeness (QED) is 0.518. The van der Waals surface area contributed by atoms with E-state index < -0.39 is 28.9 Å². The molecule has 0 bridgehead atoms. The summed E-state index contributed by atoms with van der Waals surface area (Å²) in [6.45, 7) is 1.38. The van der Waals surface area contributed by atoms with Crippen molar-refractivity contribution in [3.8, 4) is 0 Å². The van der Waals surface area contributed by atoms with E-state index in [9.17, 15) is 22.8 Å². The Balaban J connectivity index is 1.67. The van der Waals surface area contributed by atoms with Crippen LogP contribution in [0, 0.1) is 24.4 Å². The molecule has 0 radical (unpaired) electrons. The highest BCUT2D eigenvalue weighted by Gasteiger charge is 2.22. The van der Waals surface area contributed by atoms with Crippen LogP contribution in [0.4, 0.5) is 13.2 Å². The van der Waals surface area contributed by atoms with Crippen molar-refractivity contribution >= 4 is 16.9 Å². The minimum Gasteiger partial charge on any atom is -0.460 e. The molecule has 0 atom stereocenters. The number of aromatic nitrogens is 1. The van der Waals surface area contributed by atoms with Crippen molar-refractivity contribution in [1.29, 1.82) is 0 Å². The van der Waals surface area contributed by atoms with Crippen LogP contribution >= 0.6 is 0 Å². The standard InChI is InChI=1S/C23H17F3N2O3/c1-13-20(22(29)27-11-14-8-16(24)10-17(25)9-14)21-19(31-13)6-7-28(23(21)30)12-15-4-2-3-5-18(15)26/h2-10H,11-12H2,1H3,(H,27,29). The van der Waals surface area contributed by atoms with Crippen molar-refractivity contribution < 1.29 is 22.4 Å². The molecule has 0 saturated heterocycles. The van der Waals surface area contributed by atoms with Crippen molar-refractivity contribution in [2.24, 2.45) is 0 Å². The second-order valence-electron chi connectivity index (χ2n) is 7.07. The zero-order chi connectivity index (χ0) is 22.1. The number of hydrogen-bond acceptors (Lipinski definition) is 3. The summed E-state index contributed by atoms with van der Waals surface area (Å²) in [4.78, 5) is 25.8. The Morgan fingerprint density at radius 2 is 1.77 bits per heavy atom. The summed E-state index contributed by atoms with van der Waals surface area (Å²) in [5.41, 5.74) is 0.283. The molecule has 0 spiro atoms. The van der Waals surface area contributed by atoms with E-state index in [0.29, 0.717) is 5.56 Å². The normalized spacial score (nSPS) is 11.1. The lowest BCUT2D eigenvalue weighted by Gasteiger charge is -2.08. The molecule has 2 heterocycles. The van der Waals surface area contributed by atoms with Crippen molar-refractivity contribution in [1.82, 2.24) is 9.88 Å². The van der Waals surface area contributed by atoms with Gasteiger partial charge in [0.2, 0.25) is 0 Å². The molecule has 158 valence electrons. The highest BCUT2D eigenvalue weighted by Crippen LogP contribution is 2.23. The molecule has 4 rings (SSSR count).